The van der Waals surface area contributed by atoms with Crippen LogP contribution in [0.3, 0.4) is 0 Å². The quantitative estimate of drug-likeness (QED) is 0.482. The number of hydrogen-bond acceptors (Lipinski definition) is 1. The van der Waals surface area contributed by atoms with E-state index >= 15 is 0 Å². The van der Waals surface area contributed by atoms with Crippen LogP contribution in [0.2, 0.25) is 13.1 Å². The summed E-state index contributed by atoms with van der Waals surface area (Å²) in [4.78, 5) is 0. The maximum Gasteiger partial charge on any atom is 0.148 e. The Bertz CT molecular complexity index is 646. The Hall–Kier alpha value is -1.95. The zero-order valence-electron chi connectivity index (χ0n) is 14.4. The Balaban J connectivity index is 2.24. The van der Waals surface area contributed by atoms with Gasteiger partial charge in [-0.1, -0.05) is 104 Å². The molecule has 0 N–H and O–H groups in total. The van der Waals surface area contributed by atoms with E-state index in [1.54, 1.807) is 0 Å². The van der Waals surface area contributed by atoms with Crippen LogP contribution < -0.4 is 0 Å². The molecule has 0 unspecified atom stereocenters. The standard InChI is InChI=1S/C21H24OSi2/c1-24(2)23-22-21(18-12-6-3-7-13-18,19-14-8-4-9-15-19)20-16-10-5-11-17-20/h3-17,24H,23H2,1-2H3. The first-order chi connectivity index (χ1) is 11.7. The van der Waals surface area contributed by atoms with Gasteiger partial charge in [0.25, 0.3) is 0 Å². The van der Waals surface area contributed by atoms with E-state index in [1.165, 1.54) is 16.7 Å². The average Bonchev–Trinajstić information content (AvgIpc) is 2.65. The summed E-state index contributed by atoms with van der Waals surface area (Å²) in [5.74, 6) is 0. The fraction of sp³-hybridized carbons (Fsp3) is 0.143. The van der Waals surface area contributed by atoms with Crippen molar-refractivity contribution in [3.63, 3.8) is 0 Å². The van der Waals surface area contributed by atoms with Crippen LogP contribution in [-0.4, -0.2) is 17.6 Å². The number of rotatable bonds is 6. The Morgan fingerprint density at radius 1 is 0.625 bits per heavy atom. The molecule has 0 heterocycles. The summed E-state index contributed by atoms with van der Waals surface area (Å²) in [6.07, 6.45) is 0. The van der Waals surface area contributed by atoms with Crippen LogP contribution in [-0.2, 0) is 10.0 Å². The van der Waals surface area contributed by atoms with Gasteiger partial charge in [-0.3, -0.25) is 0 Å². The minimum Gasteiger partial charge on any atom is -0.411 e. The molecular weight excluding hydrogens is 324 g/mol. The lowest BCUT2D eigenvalue weighted by Gasteiger charge is -2.37. The third kappa shape index (κ3) is 3.43. The molecule has 0 atom stereocenters. The molecule has 0 saturated carbocycles. The van der Waals surface area contributed by atoms with E-state index in [4.69, 9.17) is 4.43 Å². The van der Waals surface area contributed by atoms with Crippen molar-refractivity contribution in [1.29, 1.82) is 0 Å². The van der Waals surface area contributed by atoms with Crippen LogP contribution in [0.15, 0.2) is 91.0 Å². The normalized spacial score (nSPS) is 12.1. The maximum atomic E-state index is 6.85. The van der Waals surface area contributed by atoms with Gasteiger partial charge in [0.15, 0.2) is 0 Å². The minimum absolute atomic E-state index is 0.493. The molecular formula is C21H24OSi2. The first-order valence-electron chi connectivity index (χ1n) is 8.54. The second-order valence-corrected chi connectivity index (χ2v) is 15.8. The lowest BCUT2D eigenvalue weighted by Crippen LogP contribution is -2.37. The first kappa shape index (κ1) is 16.9. The van der Waals surface area contributed by atoms with Gasteiger partial charge in [-0.15, -0.1) is 0 Å². The van der Waals surface area contributed by atoms with E-state index in [2.05, 4.69) is 104 Å². The van der Waals surface area contributed by atoms with Gasteiger partial charge >= 0.3 is 0 Å². The monoisotopic (exact) mass is 348 g/mol. The van der Waals surface area contributed by atoms with Gasteiger partial charge in [-0.2, -0.15) is 0 Å². The smallest absolute Gasteiger partial charge is 0.148 e. The van der Waals surface area contributed by atoms with Gasteiger partial charge in [0, 0.05) is 0 Å². The third-order valence-electron chi connectivity index (χ3n) is 4.17. The van der Waals surface area contributed by atoms with E-state index in [0.717, 1.165) is 0 Å². The largest absolute Gasteiger partial charge is 0.411 e. The van der Waals surface area contributed by atoms with Crippen LogP contribution >= 0.6 is 0 Å². The van der Waals surface area contributed by atoms with Crippen molar-refractivity contribution < 1.29 is 4.43 Å². The highest BCUT2D eigenvalue weighted by molar-refractivity contribution is 7.08. The SMILES string of the molecule is C[SiH](C)[SiH2]OC(c1ccccc1)(c1ccccc1)c1ccccc1. The fourth-order valence-corrected chi connectivity index (χ4v) is 5.89. The highest BCUT2D eigenvalue weighted by atomic mass is 29.2. The number of hydrogen-bond donors (Lipinski definition) is 0. The Kier molecular flexibility index (Phi) is 5.46. The summed E-state index contributed by atoms with van der Waals surface area (Å²) < 4.78 is 6.85. The Morgan fingerprint density at radius 3 is 1.25 bits per heavy atom. The van der Waals surface area contributed by atoms with Gasteiger partial charge in [0.05, 0.1) is 8.31 Å². The van der Waals surface area contributed by atoms with Gasteiger partial charge in [0.1, 0.15) is 14.9 Å². The summed E-state index contributed by atoms with van der Waals surface area (Å²) in [5.41, 5.74) is 3.14. The molecule has 1 nitrogen and oxygen atoms in total. The van der Waals surface area contributed by atoms with Gasteiger partial charge < -0.3 is 4.43 Å². The molecule has 122 valence electrons. The molecule has 0 spiro atoms. The van der Waals surface area contributed by atoms with Gasteiger partial charge in [-0.25, -0.2) is 0 Å². The van der Waals surface area contributed by atoms with E-state index in [-0.39, 0.29) is 0 Å². The maximum absolute atomic E-state index is 6.85. The van der Waals surface area contributed by atoms with Crippen LogP contribution in [0, 0.1) is 0 Å². The van der Waals surface area contributed by atoms with Gasteiger partial charge in [-0.05, 0) is 16.7 Å². The zero-order valence-corrected chi connectivity index (χ0v) is 16.9. The van der Waals surface area contributed by atoms with Crippen LogP contribution in [0.1, 0.15) is 16.7 Å². The fourth-order valence-electron chi connectivity index (χ4n) is 3.06. The molecule has 0 aliphatic rings. The topological polar surface area (TPSA) is 9.23 Å². The van der Waals surface area contributed by atoms with Crippen molar-refractivity contribution in [2.24, 2.45) is 0 Å². The molecule has 0 amide bonds. The lowest BCUT2D eigenvalue weighted by molar-refractivity contribution is 0.169. The van der Waals surface area contributed by atoms with Crippen molar-refractivity contribution in [3.05, 3.63) is 108 Å². The molecule has 0 bridgehead atoms. The predicted molar refractivity (Wildman–Crippen MR) is 108 cm³/mol. The molecule has 24 heavy (non-hydrogen) atoms. The average molecular weight is 349 g/mol. The van der Waals surface area contributed by atoms with E-state index in [1.807, 2.05) is 0 Å². The van der Waals surface area contributed by atoms with E-state index in [0.29, 0.717) is 0 Å². The van der Waals surface area contributed by atoms with E-state index in [9.17, 15) is 0 Å². The van der Waals surface area contributed by atoms with Crippen LogP contribution in [0.4, 0.5) is 0 Å². The summed E-state index contributed by atoms with van der Waals surface area (Å²) in [6.45, 7) is 4.77. The third-order valence-corrected chi connectivity index (χ3v) is 7.94. The van der Waals surface area contributed by atoms with Crippen LogP contribution in [0.5, 0.6) is 0 Å². The van der Waals surface area contributed by atoms with Crippen LogP contribution in [0.25, 0.3) is 0 Å². The van der Waals surface area contributed by atoms with Crippen molar-refractivity contribution in [2.75, 3.05) is 0 Å². The zero-order chi connectivity index (χ0) is 16.8. The summed E-state index contributed by atoms with van der Waals surface area (Å²) in [6, 6.07) is 32.0. The molecule has 0 aliphatic carbocycles. The summed E-state index contributed by atoms with van der Waals surface area (Å²) in [5, 5.41) is 0. The first-order valence-corrected chi connectivity index (χ1v) is 14.7. The van der Waals surface area contributed by atoms with E-state index < -0.39 is 23.2 Å². The summed E-state index contributed by atoms with van der Waals surface area (Å²) in [7, 11) is -1.27. The minimum atomic E-state index is -0.724. The molecule has 0 fully saturated rings. The molecule has 3 aromatic rings. The second kappa shape index (κ2) is 7.75. The Labute approximate surface area is 148 Å². The van der Waals surface area contributed by atoms with Gasteiger partial charge in [0.2, 0.25) is 0 Å². The molecule has 3 heteroatoms. The molecule has 3 rings (SSSR count). The van der Waals surface area contributed by atoms with Crippen molar-refractivity contribution in [1.82, 2.24) is 0 Å². The molecule has 0 radical (unpaired) electrons. The highest BCUT2D eigenvalue weighted by Gasteiger charge is 2.37. The molecule has 0 saturated heterocycles. The lowest BCUT2D eigenvalue weighted by atomic mass is 9.80. The second-order valence-electron chi connectivity index (χ2n) is 6.48. The number of benzene rings is 3. The molecule has 0 aliphatic heterocycles. The Morgan fingerprint density at radius 2 is 0.958 bits per heavy atom. The molecule has 3 aromatic carbocycles. The predicted octanol–water partition coefficient (Wildman–Crippen LogP) is 4.06. The summed E-state index contributed by atoms with van der Waals surface area (Å²) >= 11 is 0. The van der Waals surface area contributed by atoms with Crippen molar-refractivity contribution in [3.8, 4) is 0 Å². The highest BCUT2D eigenvalue weighted by Crippen LogP contribution is 2.40. The molecule has 0 aromatic heterocycles. The van der Waals surface area contributed by atoms with Crippen molar-refractivity contribution >= 4 is 17.6 Å². The van der Waals surface area contributed by atoms with Crippen molar-refractivity contribution in [2.45, 2.75) is 18.7 Å².